The summed E-state index contributed by atoms with van der Waals surface area (Å²) in [6.07, 6.45) is 1.82. The Morgan fingerprint density at radius 2 is 1.86 bits per heavy atom. The number of nitrogens with one attached hydrogen (secondary N) is 1. The van der Waals surface area contributed by atoms with E-state index in [0.29, 0.717) is 18.1 Å². The van der Waals surface area contributed by atoms with Crippen molar-refractivity contribution in [3.63, 3.8) is 0 Å². The molecule has 1 N–H and O–H groups in total. The Balaban J connectivity index is 1.15. The fraction of sp³-hybridized carbons (Fsp3) is 0.185. The molecule has 1 atom stereocenters. The summed E-state index contributed by atoms with van der Waals surface area (Å²) in [5.74, 6) is 1.83. The number of rotatable bonds is 8. The molecule has 5 rings (SSSR count). The van der Waals surface area contributed by atoms with Gasteiger partial charge in [-0.05, 0) is 48.9 Å². The van der Waals surface area contributed by atoms with Gasteiger partial charge in [0.1, 0.15) is 23.8 Å². The number of nitrogens with zero attached hydrogens (tertiary/aromatic N) is 4. The van der Waals surface area contributed by atoms with Crippen LogP contribution in [0.2, 0.25) is 0 Å². The maximum Gasteiger partial charge on any atom is 0.248 e. The highest BCUT2D eigenvalue weighted by Crippen LogP contribution is 2.22. The van der Waals surface area contributed by atoms with Crippen LogP contribution in [0.25, 0.3) is 0 Å². The van der Waals surface area contributed by atoms with Crippen LogP contribution in [0.3, 0.4) is 0 Å². The highest BCUT2D eigenvalue weighted by Gasteiger charge is 2.26. The number of hydrogen-bond donors (Lipinski definition) is 1. The molecule has 2 heterocycles. The van der Waals surface area contributed by atoms with Gasteiger partial charge in [-0.15, -0.1) is 5.10 Å². The predicted molar refractivity (Wildman–Crippen MR) is 131 cm³/mol. The Morgan fingerprint density at radius 1 is 1.06 bits per heavy atom. The molecule has 8 nitrogen and oxygen atoms in total. The molecule has 8 heteroatoms. The van der Waals surface area contributed by atoms with Gasteiger partial charge >= 0.3 is 0 Å². The van der Waals surface area contributed by atoms with Crippen LogP contribution in [-0.4, -0.2) is 39.4 Å². The highest BCUT2D eigenvalue weighted by molar-refractivity contribution is 5.98. The summed E-state index contributed by atoms with van der Waals surface area (Å²) in [7, 11) is 0. The van der Waals surface area contributed by atoms with Crippen molar-refractivity contribution < 1.29 is 14.3 Å². The van der Waals surface area contributed by atoms with Gasteiger partial charge in [0.05, 0.1) is 19.3 Å². The summed E-state index contributed by atoms with van der Waals surface area (Å²) in [6.45, 7) is 3.05. The summed E-state index contributed by atoms with van der Waals surface area (Å²) in [4.78, 5) is 17.0. The van der Waals surface area contributed by atoms with Gasteiger partial charge in [-0.1, -0.05) is 53.2 Å². The summed E-state index contributed by atoms with van der Waals surface area (Å²) < 4.78 is 13.3. The van der Waals surface area contributed by atoms with Crippen molar-refractivity contribution in [1.29, 1.82) is 0 Å². The number of aryl methyl sites for hydroxylation is 1. The number of amides is 1. The first-order valence-electron chi connectivity index (χ1n) is 11.4. The Bertz CT molecular complexity index is 1330. The Kier molecular flexibility index (Phi) is 6.52. The summed E-state index contributed by atoms with van der Waals surface area (Å²) in [5, 5.41) is 11.2. The predicted octanol–water partition coefficient (Wildman–Crippen LogP) is 3.89. The number of aromatic nitrogens is 3. The largest absolute Gasteiger partial charge is 0.475 e. The zero-order valence-electron chi connectivity index (χ0n) is 19.3. The van der Waals surface area contributed by atoms with E-state index in [1.165, 1.54) is 0 Å². The number of benzene rings is 3. The van der Waals surface area contributed by atoms with Crippen LogP contribution in [-0.2, 0) is 22.6 Å². The van der Waals surface area contributed by atoms with Crippen LogP contribution in [0.4, 0.5) is 0 Å². The van der Waals surface area contributed by atoms with Crippen molar-refractivity contribution >= 4 is 11.8 Å². The first-order valence-corrected chi connectivity index (χ1v) is 11.4. The number of ether oxygens (including phenoxy) is 2. The molecule has 0 aliphatic carbocycles. The molecular weight excluding hydrogens is 442 g/mol. The standard InChI is InChI=1S/C27H25N5O3/c1-19-10-12-21(13-11-19)27-29-25(18-34-27)26(33)28-15-22-17-32(31-30-22)16-20-6-5-9-24(14-20)35-23-7-3-2-4-8-23/h2-14,17,25H,15-16,18H2,1H3,(H,28,33). The van der Waals surface area contributed by atoms with Crippen LogP contribution >= 0.6 is 0 Å². The summed E-state index contributed by atoms with van der Waals surface area (Å²) in [6, 6.07) is 24.8. The fourth-order valence-corrected chi connectivity index (χ4v) is 3.67. The summed E-state index contributed by atoms with van der Waals surface area (Å²) in [5.41, 5.74) is 3.71. The van der Waals surface area contributed by atoms with Crippen LogP contribution in [0, 0.1) is 6.92 Å². The van der Waals surface area contributed by atoms with Crippen LogP contribution in [0.15, 0.2) is 90.1 Å². The lowest BCUT2D eigenvalue weighted by atomic mass is 10.1. The van der Waals surface area contributed by atoms with E-state index in [-0.39, 0.29) is 19.1 Å². The monoisotopic (exact) mass is 467 g/mol. The van der Waals surface area contributed by atoms with Gasteiger partial charge in [-0.3, -0.25) is 4.79 Å². The third-order valence-corrected chi connectivity index (χ3v) is 5.50. The molecular formula is C27H25N5O3. The lowest BCUT2D eigenvalue weighted by Crippen LogP contribution is -2.34. The van der Waals surface area contributed by atoms with E-state index in [1.54, 1.807) is 4.68 Å². The third-order valence-electron chi connectivity index (χ3n) is 5.50. The normalized spacial score (nSPS) is 14.8. The Hall–Kier alpha value is -4.46. The molecule has 0 saturated heterocycles. The number of para-hydroxylation sites is 1. The lowest BCUT2D eigenvalue weighted by Gasteiger charge is -2.07. The molecule has 1 aliphatic heterocycles. The van der Waals surface area contributed by atoms with E-state index in [2.05, 4.69) is 20.6 Å². The van der Waals surface area contributed by atoms with Crippen molar-refractivity contribution in [2.45, 2.75) is 26.1 Å². The minimum Gasteiger partial charge on any atom is -0.475 e. The fourth-order valence-electron chi connectivity index (χ4n) is 3.67. The topological polar surface area (TPSA) is 90.6 Å². The molecule has 3 aromatic carbocycles. The number of aliphatic imine (C=N–C) groups is 1. The maximum atomic E-state index is 12.6. The smallest absolute Gasteiger partial charge is 0.248 e. The van der Waals surface area contributed by atoms with Gasteiger partial charge in [0.2, 0.25) is 11.8 Å². The van der Waals surface area contributed by atoms with Gasteiger partial charge < -0.3 is 14.8 Å². The molecule has 176 valence electrons. The van der Waals surface area contributed by atoms with E-state index in [9.17, 15) is 4.79 Å². The highest BCUT2D eigenvalue weighted by atomic mass is 16.5. The minimum absolute atomic E-state index is 0.201. The van der Waals surface area contributed by atoms with E-state index < -0.39 is 6.04 Å². The van der Waals surface area contributed by atoms with Gasteiger partial charge in [0.15, 0.2) is 6.04 Å². The summed E-state index contributed by atoms with van der Waals surface area (Å²) >= 11 is 0. The SMILES string of the molecule is Cc1ccc(C2=NC(C(=O)NCc3cn(Cc4cccc(Oc5ccccc5)c4)nn3)CO2)cc1. The number of hydrogen-bond acceptors (Lipinski definition) is 6. The quantitative estimate of drug-likeness (QED) is 0.425. The minimum atomic E-state index is -0.575. The van der Waals surface area contributed by atoms with Crippen LogP contribution < -0.4 is 10.1 Å². The zero-order valence-corrected chi connectivity index (χ0v) is 19.3. The second-order valence-electron chi connectivity index (χ2n) is 8.31. The average Bonchev–Trinajstić information content (AvgIpc) is 3.54. The first-order chi connectivity index (χ1) is 17.1. The van der Waals surface area contributed by atoms with E-state index in [1.807, 2.05) is 92.0 Å². The second-order valence-corrected chi connectivity index (χ2v) is 8.31. The van der Waals surface area contributed by atoms with Crippen molar-refractivity contribution in [3.8, 4) is 11.5 Å². The zero-order chi connectivity index (χ0) is 24.0. The van der Waals surface area contributed by atoms with Crippen LogP contribution in [0.1, 0.15) is 22.4 Å². The molecule has 0 bridgehead atoms. The van der Waals surface area contributed by atoms with Gasteiger partial charge in [-0.25, -0.2) is 9.67 Å². The Morgan fingerprint density at radius 3 is 2.69 bits per heavy atom. The Labute approximate surface area is 203 Å². The van der Waals surface area contributed by atoms with Gasteiger partial charge in [0, 0.05) is 5.56 Å². The molecule has 0 radical (unpaired) electrons. The van der Waals surface area contributed by atoms with Crippen molar-refractivity contribution in [2.75, 3.05) is 6.61 Å². The third kappa shape index (κ3) is 5.73. The molecule has 1 aliphatic rings. The van der Waals surface area contributed by atoms with E-state index in [4.69, 9.17) is 9.47 Å². The molecule has 1 aromatic heterocycles. The first kappa shape index (κ1) is 22.3. The van der Waals surface area contributed by atoms with Gasteiger partial charge in [0.25, 0.3) is 0 Å². The lowest BCUT2D eigenvalue weighted by molar-refractivity contribution is -0.122. The molecule has 0 saturated carbocycles. The molecule has 1 amide bonds. The van der Waals surface area contributed by atoms with Crippen molar-refractivity contribution in [2.24, 2.45) is 4.99 Å². The molecule has 0 fully saturated rings. The van der Waals surface area contributed by atoms with E-state index in [0.717, 1.165) is 28.2 Å². The van der Waals surface area contributed by atoms with Crippen molar-refractivity contribution in [1.82, 2.24) is 20.3 Å². The molecule has 4 aromatic rings. The molecule has 1 unspecified atom stereocenters. The number of carbonyl (C=O) groups excluding carboxylic acids is 1. The van der Waals surface area contributed by atoms with Crippen LogP contribution in [0.5, 0.6) is 11.5 Å². The van der Waals surface area contributed by atoms with E-state index >= 15 is 0 Å². The molecule has 35 heavy (non-hydrogen) atoms. The number of carbonyl (C=O) groups is 1. The second kappa shape index (κ2) is 10.2. The molecule has 0 spiro atoms. The average molecular weight is 468 g/mol. The maximum absolute atomic E-state index is 12.6. The van der Waals surface area contributed by atoms with Crippen molar-refractivity contribution in [3.05, 3.63) is 107 Å². The van der Waals surface area contributed by atoms with Gasteiger partial charge in [-0.2, -0.15) is 0 Å².